The molecule has 0 saturated heterocycles. The Morgan fingerprint density at radius 1 is 1.20 bits per heavy atom. The molecule has 2 rings (SSSR count). The molecule has 0 fully saturated rings. The Labute approximate surface area is 148 Å². The zero-order valence-corrected chi connectivity index (χ0v) is 15.5. The van der Waals surface area contributed by atoms with Crippen molar-refractivity contribution in [3.63, 3.8) is 0 Å². The van der Waals surface area contributed by atoms with Crippen molar-refractivity contribution in [1.82, 2.24) is 15.1 Å². The third-order valence-corrected chi connectivity index (χ3v) is 4.85. The number of sulfonamides is 1. The summed E-state index contributed by atoms with van der Waals surface area (Å²) >= 11 is 0. The van der Waals surface area contributed by atoms with E-state index >= 15 is 0 Å². The van der Waals surface area contributed by atoms with E-state index in [1.165, 1.54) is 22.6 Å². The summed E-state index contributed by atoms with van der Waals surface area (Å²) in [5, 5.41) is 11.8. The van der Waals surface area contributed by atoms with Gasteiger partial charge in [0.15, 0.2) is 0 Å². The van der Waals surface area contributed by atoms with Crippen molar-refractivity contribution in [2.24, 2.45) is 5.14 Å². The first kappa shape index (κ1) is 19.1. The minimum absolute atomic E-state index is 0.0634. The van der Waals surface area contributed by atoms with Gasteiger partial charge in [-0.25, -0.2) is 13.6 Å². The number of benzene rings is 1. The first-order valence-corrected chi connectivity index (χ1v) is 9.66. The first-order valence-electron chi connectivity index (χ1n) is 8.11. The molecular weight excluding hydrogens is 340 g/mol. The molecule has 3 N–H and O–H groups in total. The number of hydrogen-bond donors (Lipinski definition) is 2. The van der Waals surface area contributed by atoms with Crippen molar-refractivity contribution in [2.45, 2.75) is 50.6 Å². The summed E-state index contributed by atoms with van der Waals surface area (Å²) in [5.41, 5.74) is 2.29. The van der Waals surface area contributed by atoms with Gasteiger partial charge in [-0.05, 0) is 24.0 Å². The van der Waals surface area contributed by atoms with E-state index in [0.717, 1.165) is 5.56 Å². The van der Waals surface area contributed by atoms with Crippen LogP contribution in [0.15, 0.2) is 41.6 Å². The zero-order chi connectivity index (χ0) is 18.6. The number of amides is 1. The number of aryl methyl sites for hydroxylation is 1. The number of rotatable bonds is 7. The van der Waals surface area contributed by atoms with Crippen LogP contribution in [-0.2, 0) is 21.4 Å². The molecule has 8 heteroatoms. The van der Waals surface area contributed by atoms with Crippen molar-refractivity contribution >= 4 is 15.9 Å². The number of carbonyl (C=O) groups excluding carboxylic acids is 1. The van der Waals surface area contributed by atoms with Crippen LogP contribution in [0, 0.1) is 0 Å². The fourth-order valence-corrected chi connectivity index (χ4v) is 2.86. The van der Waals surface area contributed by atoms with E-state index in [0.29, 0.717) is 5.92 Å². The number of aromatic nitrogens is 2. The van der Waals surface area contributed by atoms with E-state index in [-0.39, 0.29) is 29.8 Å². The second-order valence-corrected chi connectivity index (χ2v) is 7.91. The number of hydrogen-bond acceptors (Lipinski definition) is 4. The van der Waals surface area contributed by atoms with E-state index < -0.39 is 10.0 Å². The number of nitrogens with one attached hydrogen (secondary N) is 1. The van der Waals surface area contributed by atoms with Crippen LogP contribution in [0.2, 0.25) is 0 Å². The van der Waals surface area contributed by atoms with E-state index in [4.69, 9.17) is 5.14 Å². The predicted octanol–water partition coefficient (Wildman–Crippen LogP) is 1.92. The average molecular weight is 364 g/mol. The lowest BCUT2D eigenvalue weighted by Crippen LogP contribution is -2.27. The molecule has 0 spiro atoms. The predicted molar refractivity (Wildman–Crippen MR) is 95.3 cm³/mol. The van der Waals surface area contributed by atoms with Gasteiger partial charge in [0.2, 0.25) is 15.9 Å². The van der Waals surface area contributed by atoms with Crippen molar-refractivity contribution in [3.8, 4) is 0 Å². The Morgan fingerprint density at radius 2 is 1.80 bits per heavy atom. The molecule has 0 radical (unpaired) electrons. The van der Waals surface area contributed by atoms with Gasteiger partial charge in [0.1, 0.15) is 4.90 Å². The van der Waals surface area contributed by atoms with Gasteiger partial charge in [-0.15, -0.1) is 0 Å². The highest BCUT2D eigenvalue weighted by molar-refractivity contribution is 7.89. The second kappa shape index (κ2) is 7.79. The summed E-state index contributed by atoms with van der Waals surface area (Å²) < 4.78 is 23.8. The van der Waals surface area contributed by atoms with Crippen LogP contribution in [0.4, 0.5) is 0 Å². The highest BCUT2D eigenvalue weighted by Crippen LogP contribution is 2.18. The van der Waals surface area contributed by atoms with Gasteiger partial charge < -0.3 is 5.32 Å². The van der Waals surface area contributed by atoms with E-state index in [1.807, 2.05) is 19.1 Å². The van der Waals surface area contributed by atoms with Crippen LogP contribution < -0.4 is 10.5 Å². The van der Waals surface area contributed by atoms with Crippen LogP contribution in [0.1, 0.15) is 50.3 Å². The van der Waals surface area contributed by atoms with Crippen molar-refractivity contribution in [2.75, 3.05) is 0 Å². The SMILES string of the molecule is CC(C)c1ccc([C@H](C)NC(=O)CCn2cc(S(N)(=O)=O)cn2)cc1. The molecule has 25 heavy (non-hydrogen) atoms. The molecule has 0 aliphatic carbocycles. The van der Waals surface area contributed by atoms with Crippen molar-refractivity contribution in [1.29, 1.82) is 0 Å². The van der Waals surface area contributed by atoms with Gasteiger partial charge in [0, 0.05) is 19.2 Å². The number of carbonyl (C=O) groups is 1. The molecule has 2 aromatic rings. The molecule has 136 valence electrons. The second-order valence-electron chi connectivity index (χ2n) is 6.34. The molecule has 0 aliphatic heterocycles. The fraction of sp³-hybridized carbons (Fsp3) is 0.412. The summed E-state index contributed by atoms with van der Waals surface area (Å²) in [5.74, 6) is 0.336. The van der Waals surface area contributed by atoms with Gasteiger partial charge in [0.05, 0.1) is 12.2 Å². The van der Waals surface area contributed by atoms with Gasteiger partial charge in [-0.3, -0.25) is 9.48 Å². The van der Waals surface area contributed by atoms with E-state index in [9.17, 15) is 13.2 Å². The van der Waals surface area contributed by atoms with Gasteiger partial charge in [0.25, 0.3) is 0 Å². The Bertz CT molecular complexity index is 826. The monoisotopic (exact) mass is 364 g/mol. The van der Waals surface area contributed by atoms with Crippen LogP contribution in [0.3, 0.4) is 0 Å². The molecule has 1 amide bonds. The third-order valence-electron chi connectivity index (χ3n) is 3.99. The molecule has 1 atom stereocenters. The lowest BCUT2D eigenvalue weighted by atomic mass is 9.99. The van der Waals surface area contributed by atoms with Crippen molar-refractivity contribution in [3.05, 3.63) is 47.8 Å². The summed E-state index contributed by atoms with van der Waals surface area (Å²) in [7, 11) is -3.77. The Kier molecular flexibility index (Phi) is 5.97. The molecular formula is C17H24N4O3S. The first-order chi connectivity index (χ1) is 11.7. The van der Waals surface area contributed by atoms with Crippen LogP contribution in [0.25, 0.3) is 0 Å². The highest BCUT2D eigenvalue weighted by atomic mass is 32.2. The molecule has 0 bridgehead atoms. The smallest absolute Gasteiger partial charge is 0.241 e. The Hall–Kier alpha value is -2.19. The molecule has 1 aromatic heterocycles. The third kappa shape index (κ3) is 5.40. The minimum atomic E-state index is -3.77. The molecule has 7 nitrogen and oxygen atoms in total. The molecule has 0 unspecified atom stereocenters. The molecule has 0 saturated carbocycles. The largest absolute Gasteiger partial charge is 0.350 e. The van der Waals surface area contributed by atoms with Crippen molar-refractivity contribution < 1.29 is 13.2 Å². The van der Waals surface area contributed by atoms with E-state index in [1.54, 1.807) is 0 Å². The minimum Gasteiger partial charge on any atom is -0.350 e. The number of nitrogens with two attached hydrogens (primary N) is 1. The van der Waals surface area contributed by atoms with E-state index in [2.05, 4.69) is 36.4 Å². The standard InChI is InChI=1S/C17H24N4O3S/c1-12(2)14-4-6-15(7-5-14)13(3)20-17(22)8-9-21-11-16(10-19-21)25(18,23)24/h4-7,10-13H,8-9H2,1-3H3,(H,20,22)(H2,18,23,24)/t13-/m0/s1. The lowest BCUT2D eigenvalue weighted by Gasteiger charge is -2.15. The van der Waals surface area contributed by atoms with Gasteiger partial charge in [-0.2, -0.15) is 5.10 Å². The maximum Gasteiger partial charge on any atom is 0.241 e. The highest BCUT2D eigenvalue weighted by Gasteiger charge is 2.13. The van der Waals surface area contributed by atoms with Gasteiger partial charge >= 0.3 is 0 Å². The summed E-state index contributed by atoms with van der Waals surface area (Å²) in [6, 6.07) is 8.08. The summed E-state index contributed by atoms with van der Waals surface area (Å²) in [6.45, 7) is 6.48. The molecule has 1 aromatic carbocycles. The Balaban J connectivity index is 1.88. The number of primary sulfonamides is 1. The quantitative estimate of drug-likeness (QED) is 0.782. The van der Waals surface area contributed by atoms with Crippen LogP contribution >= 0.6 is 0 Å². The lowest BCUT2D eigenvalue weighted by molar-refractivity contribution is -0.122. The Morgan fingerprint density at radius 3 is 2.32 bits per heavy atom. The number of nitrogens with zero attached hydrogens (tertiary/aromatic N) is 2. The zero-order valence-electron chi connectivity index (χ0n) is 14.6. The molecule has 1 heterocycles. The van der Waals surface area contributed by atoms with Crippen LogP contribution in [0.5, 0.6) is 0 Å². The fourth-order valence-electron chi connectivity index (χ4n) is 2.40. The summed E-state index contributed by atoms with van der Waals surface area (Å²) in [6.07, 6.45) is 2.68. The maximum absolute atomic E-state index is 12.1. The van der Waals surface area contributed by atoms with Gasteiger partial charge in [-0.1, -0.05) is 38.1 Å². The summed E-state index contributed by atoms with van der Waals surface area (Å²) in [4.78, 5) is 12.0. The maximum atomic E-state index is 12.1. The topological polar surface area (TPSA) is 107 Å². The normalized spacial score (nSPS) is 13.0. The van der Waals surface area contributed by atoms with Crippen LogP contribution in [-0.4, -0.2) is 24.1 Å². The average Bonchev–Trinajstić information content (AvgIpc) is 3.02. The molecule has 0 aliphatic rings.